The van der Waals surface area contributed by atoms with Gasteiger partial charge < -0.3 is 15.4 Å². The van der Waals surface area contributed by atoms with Crippen molar-refractivity contribution in [2.24, 2.45) is 0 Å². The van der Waals surface area contributed by atoms with Crippen LogP contribution in [-0.4, -0.2) is 32.7 Å². The molecule has 1 saturated carbocycles. The van der Waals surface area contributed by atoms with E-state index in [4.69, 9.17) is 23.8 Å². The molecule has 2 aromatic carbocycles. The Morgan fingerprint density at radius 3 is 2.67 bits per heavy atom. The lowest BCUT2D eigenvalue weighted by atomic mass is 9.93. The number of rotatable bonds is 4. The van der Waals surface area contributed by atoms with Gasteiger partial charge in [-0.15, -0.1) is 0 Å². The Morgan fingerprint density at radius 1 is 1.20 bits per heavy atom. The zero-order valence-electron chi connectivity index (χ0n) is 16.2. The number of aliphatic hydroxyl groups excluding tert-OH is 1. The van der Waals surface area contributed by atoms with Crippen molar-refractivity contribution in [2.45, 2.75) is 44.4 Å². The first-order chi connectivity index (χ1) is 14.4. The number of hydrogen-bond donors (Lipinski definition) is 3. The molecule has 8 heteroatoms. The number of carbonyl (C=O) groups excluding carboxylic acids is 1. The summed E-state index contributed by atoms with van der Waals surface area (Å²) in [5.74, 6) is -0.196. The number of hydrogen-bond acceptors (Lipinski definition) is 4. The third-order valence-corrected chi connectivity index (χ3v) is 6.25. The van der Waals surface area contributed by atoms with E-state index >= 15 is 0 Å². The van der Waals surface area contributed by atoms with E-state index < -0.39 is 0 Å². The molecular weight excluding hydrogens is 422 g/mol. The van der Waals surface area contributed by atoms with Crippen LogP contribution in [0.15, 0.2) is 47.3 Å². The third kappa shape index (κ3) is 4.33. The number of aromatic amines is 1. The highest BCUT2D eigenvalue weighted by Crippen LogP contribution is 2.20. The van der Waals surface area contributed by atoms with Crippen LogP contribution >= 0.6 is 23.8 Å². The van der Waals surface area contributed by atoms with Gasteiger partial charge in [-0.05, 0) is 67.7 Å². The molecule has 3 N–H and O–H groups in total. The molecule has 30 heavy (non-hydrogen) atoms. The second kappa shape index (κ2) is 8.71. The van der Waals surface area contributed by atoms with Crippen LogP contribution in [0.5, 0.6) is 0 Å². The van der Waals surface area contributed by atoms with E-state index in [9.17, 15) is 14.7 Å². The summed E-state index contributed by atoms with van der Waals surface area (Å²) in [6.45, 7) is 0.263. The zero-order valence-corrected chi connectivity index (χ0v) is 17.8. The minimum absolute atomic E-state index is 0.0544. The molecule has 1 aromatic heterocycles. The van der Waals surface area contributed by atoms with Crippen molar-refractivity contribution in [3.63, 3.8) is 0 Å². The van der Waals surface area contributed by atoms with Gasteiger partial charge in [0.1, 0.15) is 0 Å². The molecule has 0 saturated heterocycles. The van der Waals surface area contributed by atoms with Gasteiger partial charge in [0.2, 0.25) is 0 Å². The number of H-pyrrole nitrogens is 1. The van der Waals surface area contributed by atoms with E-state index in [0.29, 0.717) is 34.3 Å². The molecule has 1 aliphatic carbocycles. The van der Waals surface area contributed by atoms with E-state index in [0.717, 1.165) is 18.4 Å². The third-order valence-electron chi connectivity index (χ3n) is 5.56. The lowest BCUT2D eigenvalue weighted by Crippen LogP contribution is -2.38. The molecule has 6 nitrogen and oxygen atoms in total. The van der Waals surface area contributed by atoms with Gasteiger partial charge in [-0.2, -0.15) is 0 Å². The van der Waals surface area contributed by atoms with Crippen molar-refractivity contribution >= 4 is 40.6 Å². The van der Waals surface area contributed by atoms with Crippen molar-refractivity contribution in [3.8, 4) is 0 Å². The Hall–Kier alpha value is -2.48. The van der Waals surface area contributed by atoms with Gasteiger partial charge in [-0.3, -0.25) is 14.2 Å². The van der Waals surface area contributed by atoms with Gasteiger partial charge in [0.15, 0.2) is 4.77 Å². The number of benzene rings is 2. The van der Waals surface area contributed by atoms with Gasteiger partial charge in [-0.1, -0.05) is 29.8 Å². The Balaban J connectivity index is 1.61. The first kappa shape index (κ1) is 20.8. The van der Waals surface area contributed by atoms with Crippen LogP contribution in [0.25, 0.3) is 10.9 Å². The summed E-state index contributed by atoms with van der Waals surface area (Å²) in [7, 11) is 0. The SMILES string of the molecule is O=C(NC1CCC(O)CC1)c1ccc2c(=O)n(Cc3ccccc3Cl)c(=S)[nH]c2c1. The minimum Gasteiger partial charge on any atom is -0.393 e. The molecule has 3 aromatic rings. The molecule has 1 heterocycles. The van der Waals surface area contributed by atoms with Crippen LogP contribution in [0, 0.1) is 4.77 Å². The molecule has 0 spiro atoms. The second-order valence-electron chi connectivity index (χ2n) is 7.65. The maximum Gasteiger partial charge on any atom is 0.262 e. The summed E-state index contributed by atoms with van der Waals surface area (Å²) in [5.41, 5.74) is 1.55. The van der Waals surface area contributed by atoms with E-state index in [2.05, 4.69) is 10.3 Å². The molecule has 0 bridgehead atoms. The van der Waals surface area contributed by atoms with Crippen molar-refractivity contribution < 1.29 is 9.90 Å². The van der Waals surface area contributed by atoms with Crippen molar-refractivity contribution in [3.05, 3.63) is 73.7 Å². The van der Waals surface area contributed by atoms with Crippen molar-refractivity contribution in [2.75, 3.05) is 0 Å². The van der Waals surface area contributed by atoms with E-state index in [1.807, 2.05) is 18.2 Å². The van der Waals surface area contributed by atoms with E-state index in [1.54, 1.807) is 24.3 Å². The summed E-state index contributed by atoms with van der Waals surface area (Å²) in [6, 6.07) is 12.3. The van der Waals surface area contributed by atoms with Crippen LogP contribution < -0.4 is 10.9 Å². The number of carbonyl (C=O) groups is 1. The Morgan fingerprint density at radius 2 is 1.93 bits per heavy atom. The smallest absolute Gasteiger partial charge is 0.262 e. The lowest BCUT2D eigenvalue weighted by Gasteiger charge is -2.26. The average Bonchev–Trinajstić information content (AvgIpc) is 2.73. The highest BCUT2D eigenvalue weighted by Gasteiger charge is 2.21. The van der Waals surface area contributed by atoms with E-state index in [1.165, 1.54) is 4.57 Å². The molecular formula is C22H22ClN3O3S. The number of aliphatic hydroxyl groups is 1. The summed E-state index contributed by atoms with van der Waals surface area (Å²) >= 11 is 11.6. The van der Waals surface area contributed by atoms with Gasteiger partial charge in [0.05, 0.1) is 23.6 Å². The predicted molar refractivity (Wildman–Crippen MR) is 120 cm³/mol. The van der Waals surface area contributed by atoms with Crippen LogP contribution in [0.2, 0.25) is 5.02 Å². The normalized spacial score (nSPS) is 19.0. The van der Waals surface area contributed by atoms with Gasteiger partial charge in [0, 0.05) is 16.6 Å². The monoisotopic (exact) mass is 443 g/mol. The number of aromatic nitrogens is 2. The molecule has 4 rings (SSSR count). The maximum absolute atomic E-state index is 13.0. The largest absolute Gasteiger partial charge is 0.393 e. The fraction of sp³-hybridized carbons (Fsp3) is 0.318. The summed E-state index contributed by atoms with van der Waals surface area (Å²) in [4.78, 5) is 28.7. The van der Waals surface area contributed by atoms with E-state index in [-0.39, 0.29) is 34.9 Å². The highest BCUT2D eigenvalue weighted by molar-refractivity contribution is 7.71. The Labute approximate surface area is 183 Å². The predicted octanol–water partition coefficient (Wildman–Crippen LogP) is 3.79. The van der Waals surface area contributed by atoms with Gasteiger partial charge in [0.25, 0.3) is 11.5 Å². The number of nitrogens with zero attached hydrogens (tertiary/aromatic N) is 1. The maximum atomic E-state index is 13.0. The summed E-state index contributed by atoms with van der Waals surface area (Å²) < 4.78 is 1.73. The fourth-order valence-corrected chi connectivity index (χ4v) is 4.28. The van der Waals surface area contributed by atoms with Crippen LogP contribution in [0.1, 0.15) is 41.6 Å². The fourth-order valence-electron chi connectivity index (χ4n) is 3.83. The van der Waals surface area contributed by atoms with Gasteiger partial charge in [-0.25, -0.2) is 0 Å². The molecule has 1 fully saturated rings. The second-order valence-corrected chi connectivity index (χ2v) is 8.45. The molecule has 0 aliphatic heterocycles. The number of halogens is 1. The molecule has 0 unspecified atom stereocenters. The first-order valence-electron chi connectivity index (χ1n) is 9.91. The molecule has 156 valence electrons. The zero-order chi connectivity index (χ0) is 21.3. The average molecular weight is 444 g/mol. The van der Waals surface area contributed by atoms with Crippen molar-refractivity contribution in [1.29, 1.82) is 0 Å². The van der Waals surface area contributed by atoms with Crippen molar-refractivity contribution in [1.82, 2.24) is 14.9 Å². The summed E-state index contributed by atoms with van der Waals surface area (Å²) in [5, 5.41) is 13.6. The van der Waals surface area contributed by atoms with Crippen LogP contribution in [-0.2, 0) is 6.54 Å². The molecule has 0 atom stereocenters. The lowest BCUT2D eigenvalue weighted by molar-refractivity contribution is 0.0868. The molecule has 0 radical (unpaired) electrons. The number of nitrogens with one attached hydrogen (secondary N) is 2. The standard InChI is InChI=1S/C22H22ClN3O3S/c23-18-4-2-1-3-14(18)12-26-21(29)17-10-5-13(11-19(17)25-22(26)30)20(28)24-15-6-8-16(27)9-7-15/h1-5,10-11,15-16,27H,6-9,12H2,(H,24,28)(H,25,30). The highest BCUT2D eigenvalue weighted by atomic mass is 35.5. The quantitative estimate of drug-likeness (QED) is 0.535. The number of fused-ring (bicyclic) bond motifs is 1. The van der Waals surface area contributed by atoms with Gasteiger partial charge >= 0.3 is 0 Å². The Bertz CT molecular complexity index is 1210. The van der Waals surface area contributed by atoms with Crippen LogP contribution in [0.4, 0.5) is 0 Å². The van der Waals surface area contributed by atoms with Crippen LogP contribution in [0.3, 0.4) is 0 Å². The minimum atomic E-state index is -0.271. The topological polar surface area (TPSA) is 87.1 Å². The first-order valence-corrected chi connectivity index (χ1v) is 10.7. The Kier molecular flexibility index (Phi) is 6.04. The number of amides is 1. The summed E-state index contributed by atoms with van der Waals surface area (Å²) in [6.07, 6.45) is 2.64. The molecule has 1 amide bonds. The molecule has 1 aliphatic rings.